The molecule has 2 rings (SSSR count). The molecule has 0 aliphatic carbocycles. The molecule has 0 bridgehead atoms. The van der Waals surface area contributed by atoms with Gasteiger partial charge in [0.25, 0.3) is 0 Å². The second kappa shape index (κ2) is 5.05. The minimum absolute atomic E-state index is 0.436. The van der Waals surface area contributed by atoms with E-state index < -0.39 is 6.10 Å². The Hall–Kier alpha value is -1.09. The maximum Gasteiger partial charge on any atom is 0.128 e. The minimum atomic E-state index is -0.436. The number of hydrogen-bond donors (Lipinski definition) is 1. The molecule has 1 aliphatic rings. The second-order valence-corrected chi connectivity index (χ2v) is 5.18. The van der Waals surface area contributed by atoms with Crippen molar-refractivity contribution in [3.05, 3.63) is 23.9 Å². The zero-order valence-electron chi connectivity index (χ0n) is 10.9. The summed E-state index contributed by atoms with van der Waals surface area (Å²) in [5.74, 6) is 1.76. The Morgan fingerprint density at radius 3 is 2.76 bits per heavy atom. The van der Waals surface area contributed by atoms with Crippen molar-refractivity contribution in [2.45, 2.75) is 45.8 Å². The maximum atomic E-state index is 9.47. The Morgan fingerprint density at radius 1 is 1.41 bits per heavy atom. The summed E-state index contributed by atoms with van der Waals surface area (Å²) in [6, 6.07) is 4.55. The van der Waals surface area contributed by atoms with Crippen molar-refractivity contribution >= 4 is 5.82 Å². The van der Waals surface area contributed by atoms with Crippen molar-refractivity contribution in [2.75, 3.05) is 11.4 Å². The van der Waals surface area contributed by atoms with Gasteiger partial charge in [-0.2, -0.15) is 0 Å². The van der Waals surface area contributed by atoms with Gasteiger partial charge in [-0.05, 0) is 44.2 Å². The first-order chi connectivity index (χ1) is 8.09. The molecule has 3 nitrogen and oxygen atoms in total. The molecule has 1 saturated heterocycles. The Bertz CT molecular complexity index is 361. The number of piperidine rings is 1. The smallest absolute Gasteiger partial charge is 0.128 e. The highest BCUT2D eigenvalue weighted by molar-refractivity contribution is 5.41. The van der Waals surface area contributed by atoms with Crippen LogP contribution in [0.1, 0.15) is 45.3 Å². The summed E-state index contributed by atoms with van der Waals surface area (Å²) in [5.41, 5.74) is 0.881. The molecule has 1 N–H and O–H groups in total. The Kier molecular flexibility index (Phi) is 3.67. The summed E-state index contributed by atoms with van der Waals surface area (Å²) in [5, 5.41) is 9.47. The zero-order chi connectivity index (χ0) is 12.4. The molecule has 0 radical (unpaired) electrons. The van der Waals surface area contributed by atoms with Crippen LogP contribution < -0.4 is 4.90 Å². The monoisotopic (exact) mass is 234 g/mol. The topological polar surface area (TPSA) is 36.4 Å². The van der Waals surface area contributed by atoms with Crippen molar-refractivity contribution < 1.29 is 5.11 Å². The molecule has 1 aromatic heterocycles. The molecule has 0 spiro atoms. The van der Waals surface area contributed by atoms with Crippen molar-refractivity contribution in [1.82, 2.24) is 4.98 Å². The van der Waals surface area contributed by atoms with E-state index in [4.69, 9.17) is 0 Å². The van der Waals surface area contributed by atoms with Crippen LogP contribution in [0.25, 0.3) is 0 Å². The van der Waals surface area contributed by atoms with Crippen molar-refractivity contribution in [1.29, 1.82) is 0 Å². The highest BCUT2D eigenvalue weighted by atomic mass is 16.3. The van der Waals surface area contributed by atoms with Gasteiger partial charge in [-0.25, -0.2) is 4.98 Å². The third-order valence-corrected chi connectivity index (χ3v) is 3.92. The number of anilines is 1. The van der Waals surface area contributed by atoms with Gasteiger partial charge in [0.1, 0.15) is 5.82 Å². The molecule has 3 heteroatoms. The van der Waals surface area contributed by atoms with Gasteiger partial charge in [-0.15, -0.1) is 0 Å². The molecule has 94 valence electrons. The van der Waals surface area contributed by atoms with Crippen LogP contribution in [0.15, 0.2) is 18.3 Å². The lowest BCUT2D eigenvalue weighted by molar-refractivity contribution is 0.199. The summed E-state index contributed by atoms with van der Waals surface area (Å²) < 4.78 is 0. The van der Waals surface area contributed by atoms with E-state index in [9.17, 15) is 5.11 Å². The van der Waals surface area contributed by atoms with Gasteiger partial charge in [0.05, 0.1) is 6.10 Å². The van der Waals surface area contributed by atoms with Crippen LogP contribution in [-0.4, -0.2) is 22.7 Å². The quantitative estimate of drug-likeness (QED) is 0.854. The highest BCUT2D eigenvalue weighted by Gasteiger charge is 2.25. The van der Waals surface area contributed by atoms with E-state index in [-0.39, 0.29) is 0 Å². The van der Waals surface area contributed by atoms with Gasteiger partial charge in [0, 0.05) is 18.8 Å². The number of pyridine rings is 1. The van der Waals surface area contributed by atoms with Crippen LogP contribution in [0.2, 0.25) is 0 Å². The molecular weight excluding hydrogens is 212 g/mol. The van der Waals surface area contributed by atoms with Crippen molar-refractivity contribution in [2.24, 2.45) is 5.92 Å². The summed E-state index contributed by atoms with van der Waals surface area (Å²) in [7, 11) is 0. The van der Waals surface area contributed by atoms with E-state index in [0.717, 1.165) is 23.8 Å². The molecule has 17 heavy (non-hydrogen) atoms. The normalized spacial score (nSPS) is 26.9. The molecule has 0 saturated carbocycles. The van der Waals surface area contributed by atoms with Crippen LogP contribution >= 0.6 is 0 Å². The minimum Gasteiger partial charge on any atom is -0.389 e. The fraction of sp³-hybridized carbons (Fsp3) is 0.643. The predicted octanol–water partition coefficient (Wildman–Crippen LogP) is 2.76. The van der Waals surface area contributed by atoms with E-state index in [2.05, 4.69) is 23.7 Å². The van der Waals surface area contributed by atoms with E-state index >= 15 is 0 Å². The Labute approximate surface area is 103 Å². The molecular formula is C14H22N2O. The number of nitrogens with zero attached hydrogens (tertiary/aromatic N) is 2. The standard InChI is InChI=1S/C14H22N2O/c1-10-5-4-8-16(11(10)2)14-7-6-13(9-15-14)12(3)17/h6-7,9-12,17H,4-5,8H2,1-3H3. The van der Waals surface area contributed by atoms with Gasteiger partial charge < -0.3 is 10.0 Å². The average molecular weight is 234 g/mol. The highest BCUT2D eigenvalue weighted by Crippen LogP contribution is 2.27. The predicted molar refractivity (Wildman–Crippen MR) is 70.1 cm³/mol. The Morgan fingerprint density at radius 2 is 2.18 bits per heavy atom. The van der Waals surface area contributed by atoms with Crippen LogP contribution in [0.5, 0.6) is 0 Å². The first-order valence-electron chi connectivity index (χ1n) is 6.50. The van der Waals surface area contributed by atoms with Gasteiger partial charge in [0.2, 0.25) is 0 Å². The van der Waals surface area contributed by atoms with E-state index in [1.54, 1.807) is 13.1 Å². The van der Waals surface area contributed by atoms with E-state index in [0.29, 0.717) is 6.04 Å². The SMILES string of the molecule is CC(O)c1ccc(N2CCCC(C)C2C)nc1. The first-order valence-corrected chi connectivity index (χ1v) is 6.50. The molecule has 3 atom stereocenters. The first kappa shape index (κ1) is 12.4. The summed E-state index contributed by atoms with van der Waals surface area (Å²) in [4.78, 5) is 6.85. The Balaban J connectivity index is 2.16. The van der Waals surface area contributed by atoms with Crippen LogP contribution in [0, 0.1) is 5.92 Å². The lowest BCUT2D eigenvalue weighted by atomic mass is 9.92. The largest absolute Gasteiger partial charge is 0.389 e. The molecule has 0 aromatic carbocycles. The van der Waals surface area contributed by atoms with Gasteiger partial charge in [0.15, 0.2) is 0 Å². The molecule has 1 fully saturated rings. The molecule has 0 amide bonds. The van der Waals surface area contributed by atoms with Crippen LogP contribution in [-0.2, 0) is 0 Å². The third-order valence-electron chi connectivity index (χ3n) is 3.92. The van der Waals surface area contributed by atoms with E-state index in [1.807, 2.05) is 12.1 Å². The number of hydrogen-bond acceptors (Lipinski definition) is 3. The third kappa shape index (κ3) is 2.60. The van der Waals surface area contributed by atoms with Gasteiger partial charge >= 0.3 is 0 Å². The van der Waals surface area contributed by atoms with Gasteiger partial charge in [-0.1, -0.05) is 13.0 Å². The lowest BCUT2D eigenvalue weighted by Crippen LogP contribution is -2.42. The van der Waals surface area contributed by atoms with Crippen LogP contribution in [0.4, 0.5) is 5.82 Å². The summed E-state index contributed by atoms with van der Waals surface area (Å²) in [6.07, 6.45) is 3.90. The number of aliphatic hydroxyl groups is 1. The summed E-state index contributed by atoms with van der Waals surface area (Å²) >= 11 is 0. The van der Waals surface area contributed by atoms with Gasteiger partial charge in [-0.3, -0.25) is 0 Å². The number of rotatable bonds is 2. The van der Waals surface area contributed by atoms with Crippen molar-refractivity contribution in [3.8, 4) is 0 Å². The van der Waals surface area contributed by atoms with E-state index in [1.165, 1.54) is 12.8 Å². The lowest BCUT2D eigenvalue weighted by Gasteiger charge is -2.38. The molecule has 1 aliphatic heterocycles. The number of aromatic nitrogens is 1. The van der Waals surface area contributed by atoms with Crippen LogP contribution in [0.3, 0.4) is 0 Å². The average Bonchev–Trinajstić information content (AvgIpc) is 2.33. The summed E-state index contributed by atoms with van der Waals surface area (Å²) in [6.45, 7) is 7.43. The second-order valence-electron chi connectivity index (χ2n) is 5.18. The maximum absolute atomic E-state index is 9.47. The number of aliphatic hydroxyl groups excluding tert-OH is 1. The molecule has 2 heterocycles. The fourth-order valence-corrected chi connectivity index (χ4v) is 2.47. The van der Waals surface area contributed by atoms with Crippen molar-refractivity contribution in [3.63, 3.8) is 0 Å². The zero-order valence-corrected chi connectivity index (χ0v) is 10.9. The fourth-order valence-electron chi connectivity index (χ4n) is 2.47. The molecule has 3 unspecified atom stereocenters. The molecule has 1 aromatic rings.